The van der Waals surface area contributed by atoms with Crippen LogP contribution in [0.25, 0.3) is 10.2 Å². The van der Waals surface area contributed by atoms with Gasteiger partial charge in [0.15, 0.2) is 0 Å². The molecule has 2 aromatic heterocycles. The number of sulfonamides is 1. The summed E-state index contributed by atoms with van der Waals surface area (Å²) in [5.74, 6) is -0.920. The van der Waals surface area contributed by atoms with Gasteiger partial charge in [-0.25, -0.2) is 23.2 Å². The maximum Gasteiger partial charge on any atom is 0.306 e. The highest BCUT2D eigenvalue weighted by Gasteiger charge is 2.32. The normalized spacial score (nSPS) is 15.4. The van der Waals surface area contributed by atoms with E-state index in [1.807, 2.05) is 30.3 Å². The molecule has 204 valence electrons. The molecule has 4 aromatic rings. The van der Waals surface area contributed by atoms with E-state index in [-0.39, 0.29) is 16.9 Å². The standard InChI is InChI=1S/C25H26N6O6S2/c26-39(35,36)25-27-20-7-6-19(13-22(20)38-25)37-15-18-14-31(29-28-18)21(12-16-4-2-1-3-5-16)23(32)30-10-8-17(9-11-30)24(33)34/h1-7,13-14,17,21H,8-12,15H2,(H,33,34)(H2,26,35,36)/t21-/m0/s1. The molecule has 5 rings (SSSR count). The average Bonchev–Trinajstić information content (AvgIpc) is 3.58. The molecule has 0 saturated carbocycles. The molecule has 39 heavy (non-hydrogen) atoms. The Balaban J connectivity index is 1.31. The predicted molar refractivity (Wildman–Crippen MR) is 141 cm³/mol. The number of carbonyl (C=O) groups excluding carboxylic acids is 1. The lowest BCUT2D eigenvalue weighted by Crippen LogP contribution is -2.44. The molecule has 1 fully saturated rings. The Morgan fingerprint density at radius 3 is 2.59 bits per heavy atom. The summed E-state index contributed by atoms with van der Waals surface area (Å²) in [6.07, 6.45) is 2.90. The van der Waals surface area contributed by atoms with Crippen molar-refractivity contribution in [3.05, 3.63) is 66.0 Å². The van der Waals surface area contributed by atoms with E-state index in [2.05, 4.69) is 15.3 Å². The third-order valence-corrected chi connectivity index (χ3v) is 8.90. The Morgan fingerprint density at radius 2 is 1.90 bits per heavy atom. The second-order valence-electron chi connectivity index (χ2n) is 9.28. The molecule has 12 nitrogen and oxygen atoms in total. The molecule has 0 spiro atoms. The first-order valence-electron chi connectivity index (χ1n) is 12.2. The van der Waals surface area contributed by atoms with Crippen molar-refractivity contribution in [3.63, 3.8) is 0 Å². The van der Waals surface area contributed by atoms with Crippen LogP contribution in [0.3, 0.4) is 0 Å². The monoisotopic (exact) mass is 570 g/mol. The Hall–Kier alpha value is -3.88. The number of carbonyl (C=O) groups is 2. The number of fused-ring (bicyclic) bond motifs is 1. The number of likely N-dealkylation sites (tertiary alicyclic amines) is 1. The van der Waals surface area contributed by atoms with E-state index in [1.54, 1.807) is 29.3 Å². The molecule has 1 atom stereocenters. The van der Waals surface area contributed by atoms with Crippen LogP contribution in [0.2, 0.25) is 0 Å². The smallest absolute Gasteiger partial charge is 0.306 e. The first-order chi connectivity index (χ1) is 18.7. The maximum atomic E-state index is 13.6. The van der Waals surface area contributed by atoms with Gasteiger partial charge in [-0.05, 0) is 36.6 Å². The second-order valence-corrected chi connectivity index (χ2v) is 12.0. The summed E-state index contributed by atoms with van der Waals surface area (Å²) in [5, 5.41) is 22.9. The fraction of sp³-hybridized carbons (Fsp3) is 0.320. The first kappa shape index (κ1) is 26.7. The quantitative estimate of drug-likeness (QED) is 0.306. The van der Waals surface area contributed by atoms with E-state index in [1.165, 1.54) is 4.68 Å². The number of primary sulfonamides is 1. The van der Waals surface area contributed by atoms with Crippen LogP contribution in [-0.2, 0) is 32.6 Å². The minimum absolute atomic E-state index is 0.0720. The molecule has 3 N–H and O–H groups in total. The molecule has 14 heteroatoms. The fourth-order valence-corrected chi connectivity index (χ4v) is 6.16. The number of rotatable bonds is 9. The maximum absolute atomic E-state index is 13.6. The van der Waals surface area contributed by atoms with Gasteiger partial charge in [-0.1, -0.05) is 35.5 Å². The molecule has 2 aromatic carbocycles. The zero-order valence-corrected chi connectivity index (χ0v) is 22.3. The van der Waals surface area contributed by atoms with E-state index < -0.39 is 28.0 Å². The Labute approximate surface area is 228 Å². The third kappa shape index (κ3) is 6.24. The summed E-state index contributed by atoms with van der Waals surface area (Å²) in [4.78, 5) is 30.6. The van der Waals surface area contributed by atoms with Gasteiger partial charge in [-0.15, -0.1) is 16.4 Å². The van der Waals surface area contributed by atoms with Crippen LogP contribution in [0.4, 0.5) is 0 Å². The number of nitrogens with two attached hydrogens (primary N) is 1. The SMILES string of the molecule is NS(=O)(=O)c1nc2ccc(OCc3cn([C@@H](Cc4ccccc4)C(=O)N4CCC(C(=O)O)CC4)nn3)cc2s1. The van der Waals surface area contributed by atoms with Crippen LogP contribution in [0.15, 0.2) is 59.1 Å². The van der Waals surface area contributed by atoms with Crippen LogP contribution in [0, 0.1) is 5.92 Å². The number of hydrogen-bond acceptors (Lipinski definition) is 9. The van der Waals surface area contributed by atoms with Crippen molar-refractivity contribution in [2.45, 2.75) is 36.3 Å². The van der Waals surface area contributed by atoms with Crippen molar-refractivity contribution >= 4 is 43.5 Å². The van der Waals surface area contributed by atoms with Gasteiger partial charge in [0.05, 0.1) is 22.3 Å². The Kier molecular flexibility index (Phi) is 7.59. The highest BCUT2D eigenvalue weighted by molar-refractivity contribution is 7.91. The fourth-order valence-electron chi connectivity index (χ4n) is 4.47. The molecule has 1 aliphatic rings. The van der Waals surface area contributed by atoms with E-state index in [4.69, 9.17) is 9.88 Å². The van der Waals surface area contributed by atoms with Crippen LogP contribution >= 0.6 is 11.3 Å². The van der Waals surface area contributed by atoms with Gasteiger partial charge in [-0.2, -0.15) is 0 Å². The van der Waals surface area contributed by atoms with E-state index in [9.17, 15) is 23.1 Å². The van der Waals surface area contributed by atoms with Gasteiger partial charge in [0.1, 0.15) is 24.1 Å². The number of nitrogens with zero attached hydrogens (tertiary/aromatic N) is 5. The third-order valence-electron chi connectivity index (χ3n) is 6.56. The number of carboxylic acid groups (broad SMARTS) is 1. The van der Waals surface area contributed by atoms with Gasteiger partial charge in [0, 0.05) is 19.5 Å². The van der Waals surface area contributed by atoms with Crippen LogP contribution in [0.5, 0.6) is 5.75 Å². The Bertz CT molecular complexity index is 1600. The lowest BCUT2D eigenvalue weighted by Gasteiger charge is -2.32. The van der Waals surface area contributed by atoms with Gasteiger partial charge in [0.25, 0.3) is 10.0 Å². The van der Waals surface area contributed by atoms with Crippen LogP contribution < -0.4 is 9.88 Å². The zero-order chi connectivity index (χ0) is 27.6. The van der Waals surface area contributed by atoms with Gasteiger partial charge in [-0.3, -0.25) is 9.59 Å². The van der Waals surface area contributed by atoms with Crippen molar-refractivity contribution in [3.8, 4) is 5.75 Å². The number of piperidine rings is 1. The number of ether oxygens (including phenoxy) is 1. The number of thiazole rings is 1. The molecule has 0 radical (unpaired) electrons. The Morgan fingerprint density at radius 1 is 1.15 bits per heavy atom. The number of hydrogen-bond donors (Lipinski definition) is 2. The summed E-state index contributed by atoms with van der Waals surface area (Å²) in [5.41, 5.74) is 1.96. The number of amides is 1. The zero-order valence-electron chi connectivity index (χ0n) is 20.7. The summed E-state index contributed by atoms with van der Waals surface area (Å²) in [6, 6.07) is 13.9. The largest absolute Gasteiger partial charge is 0.487 e. The average molecular weight is 571 g/mol. The van der Waals surface area contributed by atoms with Gasteiger partial charge in [0.2, 0.25) is 10.2 Å². The second kappa shape index (κ2) is 11.1. The summed E-state index contributed by atoms with van der Waals surface area (Å²) in [7, 11) is -3.89. The highest BCUT2D eigenvalue weighted by Crippen LogP contribution is 2.29. The predicted octanol–water partition coefficient (Wildman–Crippen LogP) is 2.22. The van der Waals surface area contributed by atoms with E-state index in [0.29, 0.717) is 54.0 Å². The number of aliphatic carboxylic acids is 1. The summed E-state index contributed by atoms with van der Waals surface area (Å²) >= 11 is 0.956. The number of carboxylic acids is 1. The summed E-state index contributed by atoms with van der Waals surface area (Å²) in [6.45, 7) is 0.820. The highest BCUT2D eigenvalue weighted by atomic mass is 32.2. The number of aromatic nitrogens is 4. The molecule has 0 aliphatic carbocycles. The van der Waals surface area contributed by atoms with Crippen molar-refractivity contribution in [1.29, 1.82) is 0 Å². The molecule has 1 amide bonds. The minimum atomic E-state index is -3.89. The van der Waals surface area contributed by atoms with Crippen molar-refractivity contribution < 1.29 is 27.9 Å². The van der Waals surface area contributed by atoms with Crippen molar-refractivity contribution in [2.75, 3.05) is 13.1 Å². The van der Waals surface area contributed by atoms with Crippen LogP contribution in [-0.4, -0.2) is 63.4 Å². The lowest BCUT2D eigenvalue weighted by molar-refractivity contribution is -0.146. The van der Waals surface area contributed by atoms with Crippen molar-refractivity contribution in [2.24, 2.45) is 11.1 Å². The molecular weight excluding hydrogens is 544 g/mol. The van der Waals surface area contributed by atoms with Gasteiger partial charge < -0.3 is 14.7 Å². The van der Waals surface area contributed by atoms with Crippen LogP contribution in [0.1, 0.15) is 30.1 Å². The molecule has 0 bridgehead atoms. The van der Waals surface area contributed by atoms with E-state index in [0.717, 1.165) is 16.9 Å². The molecule has 1 aliphatic heterocycles. The summed E-state index contributed by atoms with van der Waals surface area (Å²) < 4.78 is 31.0. The number of benzene rings is 2. The first-order valence-corrected chi connectivity index (χ1v) is 14.6. The topological polar surface area (TPSA) is 171 Å². The molecule has 3 heterocycles. The molecule has 0 unspecified atom stereocenters. The van der Waals surface area contributed by atoms with Gasteiger partial charge >= 0.3 is 5.97 Å². The van der Waals surface area contributed by atoms with Crippen molar-refractivity contribution in [1.82, 2.24) is 24.9 Å². The minimum Gasteiger partial charge on any atom is -0.487 e. The lowest BCUT2D eigenvalue weighted by atomic mass is 9.96. The molecule has 1 saturated heterocycles. The van der Waals surface area contributed by atoms with E-state index >= 15 is 0 Å². The molecular formula is C25H26N6O6S2.